The molecule has 0 N–H and O–H groups in total. The predicted octanol–water partition coefficient (Wildman–Crippen LogP) is 3.14. The molecule has 2 heterocycles. The van der Waals surface area contributed by atoms with E-state index >= 15 is 0 Å². The van der Waals surface area contributed by atoms with Gasteiger partial charge in [-0.3, -0.25) is 4.98 Å². The molecule has 88 valence electrons. The highest BCUT2D eigenvalue weighted by Gasteiger charge is 2.18. The monoisotopic (exact) mass is 219 g/mol. The Morgan fingerprint density at radius 2 is 2.25 bits per heavy atom. The van der Waals surface area contributed by atoms with E-state index in [1.807, 2.05) is 13.1 Å². The smallest absolute Gasteiger partial charge is 0.0547 e. The molecule has 0 spiro atoms. The first-order valence-corrected chi connectivity index (χ1v) is 6.27. The summed E-state index contributed by atoms with van der Waals surface area (Å²) in [7, 11) is 0. The minimum absolute atomic E-state index is 0.470. The quantitative estimate of drug-likeness (QED) is 0.779. The van der Waals surface area contributed by atoms with E-state index in [-0.39, 0.29) is 0 Å². The highest BCUT2D eigenvalue weighted by molar-refractivity contribution is 5.13. The zero-order chi connectivity index (χ0) is 11.4. The Morgan fingerprint density at radius 1 is 1.38 bits per heavy atom. The molecule has 0 radical (unpaired) electrons. The van der Waals surface area contributed by atoms with Gasteiger partial charge in [-0.1, -0.05) is 6.07 Å². The molecule has 0 saturated carbocycles. The number of pyridine rings is 1. The Kier molecular flexibility index (Phi) is 3.94. The molecule has 0 amide bonds. The van der Waals surface area contributed by atoms with E-state index in [0.29, 0.717) is 6.10 Å². The molecule has 2 heteroatoms. The summed E-state index contributed by atoms with van der Waals surface area (Å²) in [5.41, 5.74) is 2.45. The topological polar surface area (TPSA) is 22.1 Å². The molecule has 1 aromatic rings. The molecule has 1 saturated heterocycles. The lowest BCUT2D eigenvalue weighted by Gasteiger charge is -2.26. The number of nitrogens with zero attached hydrogens (tertiary/aromatic N) is 1. The zero-order valence-electron chi connectivity index (χ0n) is 10.3. The molecule has 1 aliphatic heterocycles. The Hall–Kier alpha value is -0.890. The van der Waals surface area contributed by atoms with Gasteiger partial charge in [-0.05, 0) is 57.1 Å². The van der Waals surface area contributed by atoms with Crippen LogP contribution in [0.5, 0.6) is 0 Å². The number of ether oxygens (including phenoxy) is 1. The normalized spacial score (nSPS) is 25.6. The van der Waals surface area contributed by atoms with E-state index in [0.717, 1.165) is 24.6 Å². The third-order valence-corrected chi connectivity index (χ3v) is 3.41. The van der Waals surface area contributed by atoms with Crippen molar-refractivity contribution >= 4 is 0 Å². The van der Waals surface area contributed by atoms with Gasteiger partial charge in [0.05, 0.1) is 6.10 Å². The van der Waals surface area contributed by atoms with E-state index in [4.69, 9.17) is 4.74 Å². The van der Waals surface area contributed by atoms with E-state index in [1.54, 1.807) is 0 Å². The predicted molar refractivity (Wildman–Crippen MR) is 65.4 cm³/mol. The maximum Gasteiger partial charge on any atom is 0.0547 e. The summed E-state index contributed by atoms with van der Waals surface area (Å²) in [5, 5.41) is 0. The van der Waals surface area contributed by atoms with Crippen molar-refractivity contribution in [1.82, 2.24) is 4.98 Å². The van der Waals surface area contributed by atoms with Crippen molar-refractivity contribution in [2.75, 3.05) is 6.61 Å². The third-order valence-electron chi connectivity index (χ3n) is 3.41. The minimum Gasteiger partial charge on any atom is -0.378 e. The van der Waals surface area contributed by atoms with Crippen LogP contribution in [-0.4, -0.2) is 17.7 Å². The highest BCUT2D eigenvalue weighted by atomic mass is 16.5. The van der Waals surface area contributed by atoms with Crippen LogP contribution >= 0.6 is 0 Å². The first-order chi connectivity index (χ1) is 7.74. The third kappa shape index (κ3) is 3.31. The molecule has 16 heavy (non-hydrogen) atoms. The Morgan fingerprint density at radius 3 is 2.88 bits per heavy atom. The van der Waals surface area contributed by atoms with Gasteiger partial charge in [0.25, 0.3) is 0 Å². The van der Waals surface area contributed by atoms with Crippen LogP contribution in [0.25, 0.3) is 0 Å². The molecule has 1 fully saturated rings. The van der Waals surface area contributed by atoms with Crippen molar-refractivity contribution in [3.8, 4) is 0 Å². The fraction of sp³-hybridized carbons (Fsp3) is 0.643. The van der Waals surface area contributed by atoms with Crippen molar-refractivity contribution in [1.29, 1.82) is 0 Å². The molecule has 1 aliphatic rings. The first kappa shape index (κ1) is 11.6. The number of rotatable bonds is 3. The number of aryl methyl sites for hydroxylation is 2. The van der Waals surface area contributed by atoms with Gasteiger partial charge in [0.2, 0.25) is 0 Å². The fourth-order valence-electron chi connectivity index (χ4n) is 2.18. The van der Waals surface area contributed by atoms with Crippen molar-refractivity contribution in [2.24, 2.45) is 5.92 Å². The number of aromatic nitrogens is 1. The van der Waals surface area contributed by atoms with Crippen LogP contribution in [0.1, 0.15) is 37.4 Å². The van der Waals surface area contributed by atoms with E-state index in [1.165, 1.54) is 24.8 Å². The summed E-state index contributed by atoms with van der Waals surface area (Å²) in [6.45, 7) is 5.14. The van der Waals surface area contributed by atoms with Gasteiger partial charge in [0.15, 0.2) is 0 Å². The van der Waals surface area contributed by atoms with Crippen molar-refractivity contribution in [3.05, 3.63) is 29.6 Å². The van der Waals surface area contributed by atoms with Crippen LogP contribution < -0.4 is 0 Å². The molecule has 0 bridgehead atoms. The van der Waals surface area contributed by atoms with Gasteiger partial charge in [0.1, 0.15) is 0 Å². The van der Waals surface area contributed by atoms with E-state index in [2.05, 4.69) is 24.0 Å². The lowest BCUT2D eigenvalue weighted by atomic mass is 9.93. The van der Waals surface area contributed by atoms with Gasteiger partial charge in [0, 0.05) is 18.5 Å². The Balaban J connectivity index is 1.77. The lowest BCUT2D eigenvalue weighted by Crippen LogP contribution is -2.23. The maximum absolute atomic E-state index is 5.68. The van der Waals surface area contributed by atoms with E-state index < -0.39 is 0 Å². The SMILES string of the molecule is Cc1ccc(CCC2CCC(C)OC2)cn1. The average molecular weight is 219 g/mol. The van der Waals surface area contributed by atoms with Crippen molar-refractivity contribution in [2.45, 2.75) is 45.6 Å². The van der Waals surface area contributed by atoms with Crippen molar-refractivity contribution in [3.63, 3.8) is 0 Å². The summed E-state index contributed by atoms with van der Waals surface area (Å²) in [6.07, 6.45) is 7.38. The van der Waals surface area contributed by atoms with Gasteiger partial charge in [-0.25, -0.2) is 0 Å². The van der Waals surface area contributed by atoms with Gasteiger partial charge in [-0.2, -0.15) is 0 Å². The van der Waals surface area contributed by atoms with Crippen LogP contribution in [0.4, 0.5) is 0 Å². The molecule has 2 unspecified atom stereocenters. The Bertz CT molecular complexity index is 312. The molecule has 0 aliphatic carbocycles. The van der Waals surface area contributed by atoms with Crippen molar-refractivity contribution < 1.29 is 4.74 Å². The number of hydrogen-bond donors (Lipinski definition) is 0. The van der Waals surface area contributed by atoms with E-state index in [9.17, 15) is 0 Å². The average Bonchev–Trinajstić information content (AvgIpc) is 2.30. The van der Waals surface area contributed by atoms with Crippen LogP contribution in [0, 0.1) is 12.8 Å². The summed E-state index contributed by atoms with van der Waals surface area (Å²) in [6, 6.07) is 4.28. The fourth-order valence-corrected chi connectivity index (χ4v) is 2.18. The molecule has 0 aromatic carbocycles. The minimum atomic E-state index is 0.470. The van der Waals surface area contributed by atoms with Crippen LogP contribution in [-0.2, 0) is 11.2 Å². The van der Waals surface area contributed by atoms with Crippen LogP contribution in [0.15, 0.2) is 18.3 Å². The summed E-state index contributed by atoms with van der Waals surface area (Å²) < 4.78 is 5.68. The van der Waals surface area contributed by atoms with Gasteiger partial charge in [-0.15, -0.1) is 0 Å². The van der Waals surface area contributed by atoms with Gasteiger partial charge >= 0.3 is 0 Å². The van der Waals surface area contributed by atoms with Crippen LogP contribution in [0.3, 0.4) is 0 Å². The van der Waals surface area contributed by atoms with Crippen LogP contribution in [0.2, 0.25) is 0 Å². The summed E-state index contributed by atoms with van der Waals surface area (Å²) in [4.78, 5) is 4.32. The lowest BCUT2D eigenvalue weighted by molar-refractivity contribution is -0.00694. The molecule has 2 rings (SSSR count). The standard InChI is InChI=1S/C14H21NO/c1-11-3-5-13(9-15-11)7-8-14-6-4-12(2)16-10-14/h3,5,9,12,14H,4,6-8,10H2,1-2H3. The first-order valence-electron chi connectivity index (χ1n) is 6.27. The highest BCUT2D eigenvalue weighted by Crippen LogP contribution is 2.22. The zero-order valence-corrected chi connectivity index (χ0v) is 10.3. The summed E-state index contributed by atoms with van der Waals surface area (Å²) >= 11 is 0. The molecule has 1 aromatic heterocycles. The second kappa shape index (κ2) is 5.44. The molecular weight excluding hydrogens is 198 g/mol. The summed E-state index contributed by atoms with van der Waals surface area (Å²) in [5.74, 6) is 0.748. The second-order valence-electron chi connectivity index (χ2n) is 4.93. The number of hydrogen-bond acceptors (Lipinski definition) is 2. The second-order valence-corrected chi connectivity index (χ2v) is 4.93. The molecule has 2 nitrogen and oxygen atoms in total. The Labute approximate surface area is 98.0 Å². The largest absolute Gasteiger partial charge is 0.378 e. The maximum atomic E-state index is 5.68. The molecule has 2 atom stereocenters. The van der Waals surface area contributed by atoms with Gasteiger partial charge < -0.3 is 4.74 Å². The molecular formula is C14H21NO.